The summed E-state index contributed by atoms with van der Waals surface area (Å²) in [6.45, 7) is 0. The molecule has 4 heteroatoms. The van der Waals surface area contributed by atoms with Crippen LogP contribution in [0.4, 0.5) is 5.69 Å². The molecule has 0 heterocycles. The van der Waals surface area contributed by atoms with Gasteiger partial charge in [0.25, 0.3) is 0 Å². The molecule has 0 aliphatic heterocycles. The van der Waals surface area contributed by atoms with Gasteiger partial charge in [-0.05, 0) is 37.5 Å². The summed E-state index contributed by atoms with van der Waals surface area (Å²) in [4.78, 5) is 11.0. The lowest BCUT2D eigenvalue weighted by Gasteiger charge is -2.28. The second-order valence-corrected chi connectivity index (χ2v) is 3.95. The van der Waals surface area contributed by atoms with E-state index in [0.29, 0.717) is 17.3 Å². The summed E-state index contributed by atoms with van der Waals surface area (Å²) in [5.41, 5.74) is 1.15. The van der Waals surface area contributed by atoms with Crippen LogP contribution < -0.4 is 5.32 Å². The Balaban J connectivity index is 2.28. The number of benzene rings is 1. The smallest absolute Gasteiger partial charge is 0.337 e. The molecule has 0 unspecified atom stereocenters. The van der Waals surface area contributed by atoms with Gasteiger partial charge >= 0.3 is 5.97 Å². The molecule has 2 rings (SSSR count). The molecule has 1 aromatic carbocycles. The molecule has 1 aromatic rings. The van der Waals surface area contributed by atoms with Crippen LogP contribution in [0, 0.1) is 11.3 Å². The van der Waals surface area contributed by atoms with Crippen molar-refractivity contribution in [3.63, 3.8) is 0 Å². The van der Waals surface area contributed by atoms with Gasteiger partial charge in [-0.1, -0.05) is 0 Å². The molecule has 1 aliphatic carbocycles. The monoisotopic (exact) mass is 216 g/mol. The SMILES string of the molecule is N#Cc1ccc(NC2CCC2)c(C(=O)O)c1. The number of anilines is 1. The number of hydrogen-bond acceptors (Lipinski definition) is 3. The molecule has 0 spiro atoms. The standard InChI is InChI=1S/C12H12N2O2/c13-7-8-4-5-11(10(6-8)12(15)16)14-9-2-1-3-9/h4-6,9,14H,1-3H2,(H,15,16). The zero-order chi connectivity index (χ0) is 11.5. The summed E-state index contributed by atoms with van der Waals surface area (Å²) < 4.78 is 0. The first-order chi connectivity index (χ1) is 7.70. The Bertz CT molecular complexity index is 459. The van der Waals surface area contributed by atoms with E-state index in [1.54, 1.807) is 12.1 Å². The van der Waals surface area contributed by atoms with Crippen LogP contribution in [0.3, 0.4) is 0 Å². The van der Waals surface area contributed by atoms with E-state index in [0.717, 1.165) is 12.8 Å². The number of carboxylic acid groups (broad SMARTS) is 1. The third-order valence-corrected chi connectivity index (χ3v) is 2.84. The minimum absolute atomic E-state index is 0.172. The van der Waals surface area contributed by atoms with Gasteiger partial charge in [-0.2, -0.15) is 5.26 Å². The fourth-order valence-electron chi connectivity index (χ4n) is 1.69. The normalized spacial score (nSPS) is 14.9. The highest BCUT2D eigenvalue weighted by Crippen LogP contribution is 2.26. The molecule has 0 bridgehead atoms. The van der Waals surface area contributed by atoms with E-state index < -0.39 is 5.97 Å². The molecule has 16 heavy (non-hydrogen) atoms. The number of nitrogens with zero attached hydrogens (tertiary/aromatic N) is 1. The van der Waals surface area contributed by atoms with Gasteiger partial charge in [-0.25, -0.2) is 4.79 Å². The Hall–Kier alpha value is -2.02. The zero-order valence-electron chi connectivity index (χ0n) is 8.73. The van der Waals surface area contributed by atoms with Gasteiger partial charge in [0.1, 0.15) is 0 Å². The molecular weight excluding hydrogens is 204 g/mol. The second kappa shape index (κ2) is 4.23. The van der Waals surface area contributed by atoms with Gasteiger partial charge in [0.05, 0.1) is 17.2 Å². The summed E-state index contributed by atoms with van der Waals surface area (Å²) >= 11 is 0. The van der Waals surface area contributed by atoms with Gasteiger partial charge in [0.2, 0.25) is 0 Å². The minimum Gasteiger partial charge on any atom is -0.478 e. The van der Waals surface area contributed by atoms with Crippen LogP contribution in [-0.4, -0.2) is 17.1 Å². The van der Waals surface area contributed by atoms with Crippen molar-refractivity contribution in [2.75, 3.05) is 5.32 Å². The van der Waals surface area contributed by atoms with Gasteiger partial charge in [-0.15, -0.1) is 0 Å². The van der Waals surface area contributed by atoms with Crippen molar-refractivity contribution in [2.24, 2.45) is 0 Å². The predicted molar refractivity (Wildman–Crippen MR) is 59.4 cm³/mol. The fraction of sp³-hybridized carbons (Fsp3) is 0.333. The fourth-order valence-corrected chi connectivity index (χ4v) is 1.69. The first-order valence-corrected chi connectivity index (χ1v) is 5.24. The van der Waals surface area contributed by atoms with Crippen LogP contribution in [0.15, 0.2) is 18.2 Å². The zero-order valence-corrected chi connectivity index (χ0v) is 8.73. The topological polar surface area (TPSA) is 73.1 Å². The molecule has 0 saturated heterocycles. The maximum atomic E-state index is 11.0. The summed E-state index contributed by atoms with van der Waals surface area (Å²) in [7, 11) is 0. The van der Waals surface area contributed by atoms with E-state index in [9.17, 15) is 4.79 Å². The van der Waals surface area contributed by atoms with Crippen molar-refractivity contribution < 1.29 is 9.90 Å². The number of aromatic carboxylic acids is 1. The molecule has 0 atom stereocenters. The van der Waals surface area contributed by atoms with Crippen LogP contribution in [0.2, 0.25) is 0 Å². The molecule has 82 valence electrons. The van der Waals surface area contributed by atoms with Crippen LogP contribution in [0.1, 0.15) is 35.2 Å². The summed E-state index contributed by atoms with van der Waals surface area (Å²) in [6, 6.07) is 7.03. The van der Waals surface area contributed by atoms with Crippen LogP contribution >= 0.6 is 0 Å². The summed E-state index contributed by atoms with van der Waals surface area (Å²) in [5.74, 6) is -1.00. The average molecular weight is 216 g/mol. The third-order valence-electron chi connectivity index (χ3n) is 2.84. The van der Waals surface area contributed by atoms with Crippen molar-refractivity contribution in [2.45, 2.75) is 25.3 Å². The molecule has 0 aromatic heterocycles. The average Bonchev–Trinajstić information content (AvgIpc) is 2.23. The second-order valence-electron chi connectivity index (χ2n) is 3.95. The maximum Gasteiger partial charge on any atom is 0.337 e. The van der Waals surface area contributed by atoms with Crippen LogP contribution in [0.5, 0.6) is 0 Å². The molecule has 0 amide bonds. The predicted octanol–water partition coefficient (Wildman–Crippen LogP) is 2.22. The number of hydrogen-bond donors (Lipinski definition) is 2. The first kappa shape index (κ1) is 10.5. The first-order valence-electron chi connectivity index (χ1n) is 5.24. The van der Waals surface area contributed by atoms with E-state index in [-0.39, 0.29) is 5.56 Å². The molecule has 1 saturated carbocycles. The van der Waals surface area contributed by atoms with Crippen molar-refractivity contribution >= 4 is 11.7 Å². The third kappa shape index (κ3) is 1.98. The number of carbonyl (C=O) groups is 1. The number of nitriles is 1. The molecule has 1 fully saturated rings. The van der Waals surface area contributed by atoms with Gasteiger partial charge in [0, 0.05) is 11.7 Å². The van der Waals surface area contributed by atoms with E-state index in [4.69, 9.17) is 10.4 Å². The quantitative estimate of drug-likeness (QED) is 0.812. The van der Waals surface area contributed by atoms with Crippen molar-refractivity contribution in [1.29, 1.82) is 5.26 Å². The van der Waals surface area contributed by atoms with Gasteiger partial charge < -0.3 is 10.4 Å². The van der Waals surface area contributed by atoms with Crippen molar-refractivity contribution in [1.82, 2.24) is 0 Å². The highest BCUT2D eigenvalue weighted by atomic mass is 16.4. The highest BCUT2D eigenvalue weighted by molar-refractivity contribution is 5.94. The summed E-state index contributed by atoms with van der Waals surface area (Å²) in [5, 5.41) is 20.9. The summed E-state index contributed by atoms with van der Waals surface area (Å²) in [6.07, 6.45) is 3.36. The van der Waals surface area contributed by atoms with E-state index >= 15 is 0 Å². The highest BCUT2D eigenvalue weighted by Gasteiger charge is 2.19. The Morgan fingerprint density at radius 3 is 2.75 bits per heavy atom. The molecule has 2 N–H and O–H groups in total. The number of carboxylic acids is 1. The van der Waals surface area contributed by atoms with Gasteiger partial charge in [0.15, 0.2) is 0 Å². The lowest BCUT2D eigenvalue weighted by Crippen LogP contribution is -2.27. The molecular formula is C12H12N2O2. The Labute approximate surface area is 93.5 Å². The lowest BCUT2D eigenvalue weighted by atomic mass is 9.92. The van der Waals surface area contributed by atoms with E-state index in [1.807, 2.05) is 6.07 Å². The van der Waals surface area contributed by atoms with Gasteiger partial charge in [-0.3, -0.25) is 0 Å². The minimum atomic E-state index is -1.00. The van der Waals surface area contributed by atoms with Crippen LogP contribution in [0.25, 0.3) is 0 Å². The Morgan fingerprint density at radius 2 is 2.25 bits per heavy atom. The Morgan fingerprint density at radius 1 is 1.50 bits per heavy atom. The van der Waals surface area contributed by atoms with E-state index in [2.05, 4.69) is 5.32 Å². The largest absolute Gasteiger partial charge is 0.478 e. The number of rotatable bonds is 3. The molecule has 1 aliphatic rings. The van der Waals surface area contributed by atoms with Crippen LogP contribution in [-0.2, 0) is 0 Å². The Kier molecular flexibility index (Phi) is 2.78. The van der Waals surface area contributed by atoms with Crippen molar-refractivity contribution in [3.8, 4) is 6.07 Å². The van der Waals surface area contributed by atoms with Crippen molar-refractivity contribution in [3.05, 3.63) is 29.3 Å². The molecule has 4 nitrogen and oxygen atoms in total. The lowest BCUT2D eigenvalue weighted by molar-refractivity contribution is 0.0698. The molecule has 0 radical (unpaired) electrons. The maximum absolute atomic E-state index is 11.0. The number of nitrogens with one attached hydrogen (secondary N) is 1. The van der Waals surface area contributed by atoms with E-state index in [1.165, 1.54) is 12.5 Å².